The fourth-order valence-corrected chi connectivity index (χ4v) is 4.91. The second-order valence-electron chi connectivity index (χ2n) is 8.65. The SMILES string of the molecule is Cc1cccc2scc(Cn3c(=O)n(C(C)C(=O)OC(C)(C)C)c4ccccc43)c12. The zero-order valence-electron chi connectivity index (χ0n) is 17.9. The van der Waals surface area contributed by atoms with Gasteiger partial charge in [-0.3, -0.25) is 9.13 Å². The summed E-state index contributed by atoms with van der Waals surface area (Å²) < 4.78 is 10.1. The number of ether oxygens (including phenoxy) is 1. The predicted molar refractivity (Wildman–Crippen MR) is 122 cm³/mol. The van der Waals surface area contributed by atoms with Crippen molar-refractivity contribution < 1.29 is 9.53 Å². The van der Waals surface area contributed by atoms with E-state index in [0.717, 1.165) is 16.6 Å². The van der Waals surface area contributed by atoms with E-state index in [9.17, 15) is 9.59 Å². The molecule has 0 saturated heterocycles. The highest BCUT2D eigenvalue weighted by atomic mass is 32.1. The van der Waals surface area contributed by atoms with Crippen molar-refractivity contribution in [2.24, 2.45) is 0 Å². The average Bonchev–Trinajstić information content (AvgIpc) is 3.21. The largest absolute Gasteiger partial charge is 0.458 e. The minimum Gasteiger partial charge on any atom is -0.458 e. The number of para-hydroxylation sites is 2. The smallest absolute Gasteiger partial charge is 0.330 e. The van der Waals surface area contributed by atoms with Crippen LogP contribution in [-0.2, 0) is 16.1 Å². The van der Waals surface area contributed by atoms with Crippen LogP contribution in [0.4, 0.5) is 0 Å². The third-order valence-electron chi connectivity index (χ3n) is 5.22. The number of hydrogen-bond acceptors (Lipinski definition) is 4. The maximum Gasteiger partial charge on any atom is 0.330 e. The highest BCUT2D eigenvalue weighted by molar-refractivity contribution is 7.17. The van der Waals surface area contributed by atoms with Crippen LogP contribution in [0.3, 0.4) is 0 Å². The van der Waals surface area contributed by atoms with Crippen LogP contribution in [0.5, 0.6) is 0 Å². The van der Waals surface area contributed by atoms with Gasteiger partial charge in [-0.05, 0) is 69.3 Å². The number of fused-ring (bicyclic) bond motifs is 2. The Morgan fingerprint density at radius 1 is 1.10 bits per heavy atom. The maximum atomic E-state index is 13.5. The molecule has 0 aliphatic rings. The van der Waals surface area contributed by atoms with Gasteiger partial charge in [0.25, 0.3) is 0 Å². The standard InChI is InChI=1S/C24H26N2O3S/c1-15-9-8-12-20-21(15)17(14-30-20)13-25-18-10-6-7-11-19(18)26(23(25)28)16(2)22(27)29-24(3,4)5/h6-12,14,16H,13H2,1-5H3. The summed E-state index contributed by atoms with van der Waals surface area (Å²) in [7, 11) is 0. The van der Waals surface area contributed by atoms with E-state index >= 15 is 0 Å². The number of thiophene rings is 1. The molecule has 4 aromatic rings. The predicted octanol–water partition coefficient (Wildman–Crippen LogP) is 5.28. The number of esters is 1. The van der Waals surface area contributed by atoms with Crippen LogP contribution in [0.1, 0.15) is 44.9 Å². The maximum absolute atomic E-state index is 13.5. The number of benzene rings is 2. The molecule has 2 aromatic carbocycles. The molecule has 0 fully saturated rings. The Balaban J connectivity index is 1.83. The quantitative estimate of drug-likeness (QED) is 0.421. The van der Waals surface area contributed by atoms with Crippen LogP contribution in [0.15, 0.2) is 52.6 Å². The Morgan fingerprint density at radius 2 is 1.80 bits per heavy atom. The van der Waals surface area contributed by atoms with Crippen LogP contribution in [0, 0.1) is 6.92 Å². The first kappa shape index (κ1) is 20.4. The zero-order chi connectivity index (χ0) is 21.6. The van der Waals surface area contributed by atoms with Gasteiger partial charge in [-0.15, -0.1) is 11.3 Å². The molecule has 2 heterocycles. The number of carbonyl (C=O) groups excluding carboxylic acids is 1. The van der Waals surface area contributed by atoms with Crippen LogP contribution >= 0.6 is 11.3 Å². The third kappa shape index (κ3) is 3.56. The van der Waals surface area contributed by atoms with Crippen LogP contribution in [-0.4, -0.2) is 20.7 Å². The molecule has 1 unspecified atom stereocenters. The summed E-state index contributed by atoms with van der Waals surface area (Å²) in [5, 5.41) is 3.32. The van der Waals surface area contributed by atoms with Crippen LogP contribution in [0.2, 0.25) is 0 Å². The number of imidazole rings is 1. The van der Waals surface area contributed by atoms with Crippen molar-refractivity contribution in [2.75, 3.05) is 0 Å². The van der Waals surface area contributed by atoms with Crippen molar-refractivity contribution in [2.45, 2.75) is 52.8 Å². The topological polar surface area (TPSA) is 53.2 Å². The fourth-order valence-electron chi connectivity index (χ4n) is 3.88. The molecule has 0 amide bonds. The minimum absolute atomic E-state index is 0.206. The molecule has 0 spiro atoms. The van der Waals surface area contributed by atoms with Gasteiger partial charge in [-0.25, -0.2) is 9.59 Å². The number of aromatic nitrogens is 2. The lowest BCUT2D eigenvalue weighted by Gasteiger charge is -2.22. The van der Waals surface area contributed by atoms with Crippen molar-refractivity contribution in [1.29, 1.82) is 0 Å². The molecule has 6 heteroatoms. The average molecular weight is 423 g/mol. The first-order chi connectivity index (χ1) is 14.2. The summed E-state index contributed by atoms with van der Waals surface area (Å²) >= 11 is 1.69. The Labute approximate surface area is 179 Å². The highest BCUT2D eigenvalue weighted by Gasteiger charge is 2.27. The van der Waals surface area contributed by atoms with Gasteiger partial charge in [0.15, 0.2) is 0 Å². The number of rotatable bonds is 4. The molecule has 30 heavy (non-hydrogen) atoms. The molecule has 0 aliphatic carbocycles. The van der Waals surface area contributed by atoms with Crippen molar-refractivity contribution in [1.82, 2.24) is 9.13 Å². The summed E-state index contributed by atoms with van der Waals surface area (Å²) in [5.74, 6) is -0.413. The molecular weight excluding hydrogens is 396 g/mol. The van der Waals surface area contributed by atoms with Crippen molar-refractivity contribution in [3.8, 4) is 0 Å². The zero-order valence-corrected chi connectivity index (χ0v) is 18.7. The first-order valence-electron chi connectivity index (χ1n) is 10.1. The summed E-state index contributed by atoms with van der Waals surface area (Å²) in [4.78, 5) is 26.2. The number of hydrogen-bond donors (Lipinski definition) is 0. The van der Waals surface area contributed by atoms with Crippen molar-refractivity contribution in [3.63, 3.8) is 0 Å². The van der Waals surface area contributed by atoms with Crippen molar-refractivity contribution in [3.05, 3.63) is 69.5 Å². The van der Waals surface area contributed by atoms with Crippen molar-refractivity contribution >= 4 is 38.4 Å². The molecule has 2 aromatic heterocycles. The van der Waals surface area contributed by atoms with E-state index in [4.69, 9.17) is 4.74 Å². The van der Waals surface area contributed by atoms with E-state index in [1.54, 1.807) is 27.4 Å². The lowest BCUT2D eigenvalue weighted by molar-refractivity contribution is -0.158. The van der Waals surface area contributed by atoms with Gasteiger partial charge in [-0.2, -0.15) is 0 Å². The number of carbonyl (C=O) groups is 1. The van der Waals surface area contributed by atoms with Crippen LogP contribution in [0.25, 0.3) is 21.1 Å². The number of nitrogens with zero attached hydrogens (tertiary/aromatic N) is 2. The Morgan fingerprint density at radius 3 is 2.50 bits per heavy atom. The lowest BCUT2D eigenvalue weighted by Crippen LogP contribution is -2.34. The van der Waals surface area contributed by atoms with Gasteiger partial charge in [0.2, 0.25) is 0 Å². The molecule has 156 valence electrons. The van der Waals surface area contributed by atoms with E-state index < -0.39 is 17.6 Å². The summed E-state index contributed by atoms with van der Waals surface area (Å²) in [5.41, 5.74) is 3.04. The van der Waals surface area contributed by atoms with Gasteiger partial charge < -0.3 is 4.74 Å². The molecule has 0 saturated carbocycles. The summed E-state index contributed by atoms with van der Waals surface area (Å²) in [6, 6.07) is 13.1. The van der Waals surface area contributed by atoms with E-state index in [-0.39, 0.29) is 5.69 Å². The number of aryl methyl sites for hydroxylation is 1. The second-order valence-corrected chi connectivity index (χ2v) is 9.56. The van der Waals surface area contributed by atoms with E-state index in [0.29, 0.717) is 6.54 Å². The van der Waals surface area contributed by atoms with E-state index in [2.05, 4.69) is 30.5 Å². The summed E-state index contributed by atoms with van der Waals surface area (Å²) in [6.45, 7) is 9.75. The third-order valence-corrected chi connectivity index (χ3v) is 6.21. The Hall–Kier alpha value is -2.86. The second kappa shape index (κ2) is 7.43. The summed E-state index contributed by atoms with van der Waals surface area (Å²) in [6.07, 6.45) is 0. The van der Waals surface area contributed by atoms with Gasteiger partial charge in [0, 0.05) is 10.1 Å². The Kier molecular flexibility index (Phi) is 5.06. The van der Waals surface area contributed by atoms with E-state index in [1.165, 1.54) is 15.6 Å². The Bertz CT molecular complexity index is 1300. The molecule has 0 N–H and O–H groups in total. The van der Waals surface area contributed by atoms with Crippen LogP contribution < -0.4 is 5.69 Å². The molecule has 0 radical (unpaired) electrons. The van der Waals surface area contributed by atoms with E-state index in [1.807, 2.05) is 45.0 Å². The van der Waals surface area contributed by atoms with Gasteiger partial charge >= 0.3 is 11.7 Å². The molecule has 5 nitrogen and oxygen atoms in total. The monoisotopic (exact) mass is 422 g/mol. The van der Waals surface area contributed by atoms with Gasteiger partial charge in [-0.1, -0.05) is 24.3 Å². The molecule has 4 rings (SSSR count). The molecule has 1 atom stereocenters. The minimum atomic E-state index is -0.719. The molecular formula is C24H26N2O3S. The highest BCUT2D eigenvalue weighted by Crippen LogP contribution is 2.30. The van der Waals surface area contributed by atoms with Gasteiger partial charge in [0.05, 0.1) is 17.6 Å². The first-order valence-corrected chi connectivity index (χ1v) is 10.9. The fraction of sp³-hybridized carbons (Fsp3) is 0.333. The van der Waals surface area contributed by atoms with Gasteiger partial charge in [0.1, 0.15) is 11.6 Å². The normalized spacial score (nSPS) is 13.1. The lowest BCUT2D eigenvalue weighted by atomic mass is 10.1. The molecule has 0 aliphatic heterocycles. The molecule has 0 bridgehead atoms.